The molecule has 2 N–H and O–H groups in total. The zero-order valence-electron chi connectivity index (χ0n) is 14.1. The third-order valence-electron chi connectivity index (χ3n) is 4.10. The Morgan fingerprint density at radius 2 is 1.80 bits per heavy atom. The minimum atomic E-state index is -0.0191. The van der Waals surface area contributed by atoms with E-state index in [0.717, 1.165) is 13.0 Å². The molecular weight excluding hydrogens is 248 g/mol. The van der Waals surface area contributed by atoms with Crippen molar-refractivity contribution in [3.63, 3.8) is 0 Å². The van der Waals surface area contributed by atoms with Crippen LogP contribution in [-0.4, -0.2) is 29.9 Å². The van der Waals surface area contributed by atoms with Gasteiger partial charge in [0.25, 0.3) is 0 Å². The lowest BCUT2D eigenvalue weighted by molar-refractivity contribution is -0.139. The van der Waals surface area contributed by atoms with Gasteiger partial charge in [-0.15, -0.1) is 0 Å². The summed E-state index contributed by atoms with van der Waals surface area (Å²) in [5, 5.41) is 0. The van der Waals surface area contributed by atoms with E-state index in [0.29, 0.717) is 24.4 Å². The van der Waals surface area contributed by atoms with Crippen molar-refractivity contribution in [1.82, 2.24) is 4.90 Å². The second-order valence-electron chi connectivity index (χ2n) is 8.02. The smallest absolute Gasteiger partial charge is 0.227 e. The summed E-state index contributed by atoms with van der Waals surface area (Å²) in [7, 11) is 0. The van der Waals surface area contributed by atoms with Crippen LogP contribution in [-0.2, 0) is 4.79 Å². The van der Waals surface area contributed by atoms with Gasteiger partial charge in [0.2, 0.25) is 5.91 Å². The number of rotatable bonds is 6. The number of hydrogen-bond donors (Lipinski definition) is 1. The van der Waals surface area contributed by atoms with Gasteiger partial charge < -0.3 is 10.6 Å². The first-order valence-corrected chi connectivity index (χ1v) is 8.25. The molecule has 3 nitrogen and oxygen atoms in total. The summed E-state index contributed by atoms with van der Waals surface area (Å²) in [5.74, 6) is 0.796. The molecule has 118 valence electrons. The molecule has 1 fully saturated rings. The molecule has 0 bridgehead atoms. The number of hydrogen-bond acceptors (Lipinski definition) is 2. The summed E-state index contributed by atoms with van der Waals surface area (Å²) < 4.78 is 0. The van der Waals surface area contributed by atoms with Gasteiger partial charge in [-0.2, -0.15) is 0 Å². The van der Waals surface area contributed by atoms with Gasteiger partial charge in [-0.05, 0) is 30.6 Å². The lowest BCUT2D eigenvalue weighted by Crippen LogP contribution is -2.46. The Balaban J connectivity index is 2.78. The van der Waals surface area contributed by atoms with Crippen molar-refractivity contribution in [2.45, 2.75) is 72.8 Å². The summed E-state index contributed by atoms with van der Waals surface area (Å²) in [6, 6.07) is 0.457. The van der Waals surface area contributed by atoms with E-state index in [9.17, 15) is 4.79 Å². The molecular formula is C17H34N2O. The largest absolute Gasteiger partial charge is 0.339 e. The summed E-state index contributed by atoms with van der Waals surface area (Å²) in [6.07, 6.45) is 5.75. The summed E-state index contributed by atoms with van der Waals surface area (Å²) in [4.78, 5) is 15.1. The quantitative estimate of drug-likeness (QED) is 0.811. The number of nitrogens with two attached hydrogens (primary N) is 1. The normalized spacial score (nSPS) is 18.6. The second kappa shape index (κ2) is 7.44. The molecule has 1 atom stereocenters. The van der Waals surface area contributed by atoms with Crippen LogP contribution in [0.15, 0.2) is 0 Å². The van der Waals surface area contributed by atoms with Gasteiger partial charge in [0.15, 0.2) is 0 Å². The Hall–Kier alpha value is -0.570. The molecule has 0 aliphatic heterocycles. The van der Waals surface area contributed by atoms with Gasteiger partial charge >= 0.3 is 0 Å². The lowest BCUT2D eigenvalue weighted by Gasteiger charge is -2.35. The zero-order valence-corrected chi connectivity index (χ0v) is 14.1. The van der Waals surface area contributed by atoms with Gasteiger partial charge in [0.1, 0.15) is 0 Å². The minimum Gasteiger partial charge on any atom is -0.339 e. The molecule has 1 aliphatic carbocycles. The van der Waals surface area contributed by atoms with Crippen LogP contribution < -0.4 is 5.73 Å². The van der Waals surface area contributed by atoms with Crippen LogP contribution in [0, 0.1) is 17.3 Å². The highest BCUT2D eigenvalue weighted by Gasteiger charge is 2.32. The first-order valence-electron chi connectivity index (χ1n) is 8.25. The third kappa shape index (κ3) is 5.43. The maximum absolute atomic E-state index is 12.9. The van der Waals surface area contributed by atoms with Gasteiger partial charge in [-0.25, -0.2) is 0 Å². The summed E-state index contributed by atoms with van der Waals surface area (Å²) in [6.45, 7) is 12.3. The number of carbonyl (C=O) groups excluding carboxylic acids is 1. The second-order valence-corrected chi connectivity index (χ2v) is 8.02. The predicted molar refractivity (Wildman–Crippen MR) is 85.4 cm³/mol. The first-order chi connectivity index (χ1) is 9.24. The van der Waals surface area contributed by atoms with Crippen molar-refractivity contribution in [3.8, 4) is 0 Å². The van der Waals surface area contributed by atoms with Gasteiger partial charge in [0.05, 0.1) is 5.92 Å². The van der Waals surface area contributed by atoms with Crippen molar-refractivity contribution in [3.05, 3.63) is 0 Å². The molecule has 1 aliphatic rings. The average molecular weight is 282 g/mol. The van der Waals surface area contributed by atoms with Crippen molar-refractivity contribution in [2.24, 2.45) is 23.0 Å². The molecule has 0 spiro atoms. The fraction of sp³-hybridized carbons (Fsp3) is 0.941. The van der Waals surface area contributed by atoms with E-state index in [1.54, 1.807) is 0 Å². The Labute approximate surface area is 125 Å². The maximum atomic E-state index is 12.9. The summed E-state index contributed by atoms with van der Waals surface area (Å²) >= 11 is 0. The van der Waals surface area contributed by atoms with E-state index in [1.165, 1.54) is 25.7 Å². The Morgan fingerprint density at radius 3 is 2.20 bits per heavy atom. The SMILES string of the molecule is CC(C)CN(C(=O)C(CN)CC(C)(C)C)C1CCCC1. The van der Waals surface area contributed by atoms with Crippen molar-refractivity contribution < 1.29 is 4.79 Å². The molecule has 3 heteroatoms. The molecule has 0 aromatic rings. The number of carbonyl (C=O) groups is 1. The molecule has 20 heavy (non-hydrogen) atoms. The molecule has 0 heterocycles. The van der Waals surface area contributed by atoms with E-state index in [-0.39, 0.29) is 11.3 Å². The zero-order chi connectivity index (χ0) is 15.3. The van der Waals surface area contributed by atoms with Crippen LogP contribution in [0.4, 0.5) is 0 Å². The third-order valence-corrected chi connectivity index (χ3v) is 4.10. The fourth-order valence-electron chi connectivity index (χ4n) is 3.27. The van der Waals surface area contributed by atoms with Crippen LogP contribution >= 0.6 is 0 Å². The van der Waals surface area contributed by atoms with Gasteiger partial charge in [-0.1, -0.05) is 47.5 Å². The van der Waals surface area contributed by atoms with E-state index in [1.807, 2.05) is 0 Å². The monoisotopic (exact) mass is 282 g/mol. The topological polar surface area (TPSA) is 46.3 Å². The molecule has 0 radical (unpaired) electrons. The molecule has 1 rings (SSSR count). The standard InChI is InChI=1S/C17H34N2O/c1-13(2)12-19(15-8-6-7-9-15)16(20)14(11-18)10-17(3,4)5/h13-15H,6-12,18H2,1-5H3. The molecule has 0 aromatic carbocycles. The number of amides is 1. The van der Waals surface area contributed by atoms with E-state index in [2.05, 4.69) is 39.5 Å². The molecule has 1 saturated carbocycles. The minimum absolute atomic E-state index is 0.0191. The van der Waals surface area contributed by atoms with Crippen molar-refractivity contribution >= 4 is 5.91 Å². The highest BCUT2D eigenvalue weighted by atomic mass is 16.2. The highest BCUT2D eigenvalue weighted by Crippen LogP contribution is 2.29. The van der Waals surface area contributed by atoms with Crippen LogP contribution in [0.2, 0.25) is 0 Å². The van der Waals surface area contributed by atoms with Crippen LogP contribution in [0.5, 0.6) is 0 Å². The Morgan fingerprint density at radius 1 is 1.25 bits per heavy atom. The molecule has 0 saturated heterocycles. The van der Waals surface area contributed by atoms with E-state index in [4.69, 9.17) is 5.73 Å². The Kier molecular flexibility index (Phi) is 6.50. The van der Waals surface area contributed by atoms with Crippen molar-refractivity contribution in [2.75, 3.05) is 13.1 Å². The lowest BCUT2D eigenvalue weighted by atomic mass is 9.83. The molecule has 0 aromatic heterocycles. The number of nitrogens with zero attached hydrogens (tertiary/aromatic N) is 1. The maximum Gasteiger partial charge on any atom is 0.227 e. The molecule has 1 amide bonds. The van der Waals surface area contributed by atoms with Gasteiger partial charge in [-0.3, -0.25) is 4.79 Å². The first kappa shape index (κ1) is 17.5. The fourth-order valence-corrected chi connectivity index (χ4v) is 3.27. The van der Waals surface area contributed by atoms with Crippen LogP contribution in [0.1, 0.15) is 66.7 Å². The van der Waals surface area contributed by atoms with Crippen molar-refractivity contribution in [1.29, 1.82) is 0 Å². The molecule has 1 unspecified atom stereocenters. The predicted octanol–water partition coefficient (Wildman–Crippen LogP) is 3.42. The van der Waals surface area contributed by atoms with Crippen LogP contribution in [0.3, 0.4) is 0 Å². The summed E-state index contributed by atoms with van der Waals surface area (Å²) in [5.41, 5.74) is 6.05. The van der Waals surface area contributed by atoms with Gasteiger partial charge in [0, 0.05) is 19.1 Å². The highest BCUT2D eigenvalue weighted by molar-refractivity contribution is 5.79. The van der Waals surface area contributed by atoms with Crippen LogP contribution in [0.25, 0.3) is 0 Å². The van der Waals surface area contributed by atoms with E-state index >= 15 is 0 Å². The average Bonchev–Trinajstić information content (AvgIpc) is 2.84. The Bertz CT molecular complexity index is 301. The van der Waals surface area contributed by atoms with E-state index < -0.39 is 0 Å².